The van der Waals surface area contributed by atoms with Crippen LogP contribution in [0.15, 0.2) is 255 Å². The van der Waals surface area contributed by atoms with Gasteiger partial charge in [0, 0.05) is 0 Å². The first-order valence-corrected chi connectivity index (χ1v) is 42.1. The van der Waals surface area contributed by atoms with Crippen LogP contribution in [0.4, 0.5) is 0 Å². The zero-order valence-corrected chi connectivity index (χ0v) is 79.2. The van der Waals surface area contributed by atoms with E-state index in [1.165, 1.54) is 134 Å². The first kappa shape index (κ1) is 97.8. The summed E-state index contributed by atoms with van der Waals surface area (Å²) in [5.74, 6) is 0. The molecule has 11 rings (SSSR count). The summed E-state index contributed by atoms with van der Waals surface area (Å²) in [7, 11) is 0. The molecule has 0 aliphatic rings. The maximum Gasteiger partial charge on any atom is -0.0129 e. The minimum atomic E-state index is 0.200. The summed E-state index contributed by atoms with van der Waals surface area (Å²) in [5, 5.41) is 0. The largest absolute Gasteiger partial charge is 0.0622 e. The smallest absolute Gasteiger partial charge is 0.0129 e. The molecule has 114 heavy (non-hydrogen) atoms. The summed E-state index contributed by atoms with van der Waals surface area (Å²) in [4.78, 5) is 0. The molecule has 0 saturated carbocycles. The summed E-state index contributed by atoms with van der Waals surface area (Å²) in [6.45, 7) is 85.8. The number of aryl methyl sites for hydroxylation is 6. The van der Waals surface area contributed by atoms with Crippen molar-refractivity contribution < 1.29 is 0 Å². The summed E-state index contributed by atoms with van der Waals surface area (Å²) in [6, 6.07) is 91.1. The van der Waals surface area contributed by atoms with E-state index in [0.717, 1.165) is 0 Å². The molecule has 11 aromatic carbocycles. The molecular weight excluding hydrogens is 1370 g/mol. The van der Waals surface area contributed by atoms with E-state index in [4.69, 9.17) is 0 Å². The van der Waals surface area contributed by atoms with Crippen LogP contribution < -0.4 is 0 Å². The minimum absolute atomic E-state index is 0.200. The average molecular weight is 1530 g/mol. The van der Waals surface area contributed by atoms with Gasteiger partial charge in [-0.05, 0) is 221 Å². The predicted octanol–water partition coefficient (Wildman–Crippen LogP) is 33.9. The lowest BCUT2D eigenvalue weighted by Gasteiger charge is -2.32. The molecule has 0 aliphatic carbocycles. The molecule has 0 N–H and O–H groups in total. The van der Waals surface area contributed by atoms with Gasteiger partial charge in [-0.3, -0.25) is 0 Å². The summed E-state index contributed by atoms with van der Waals surface area (Å²) in [6.07, 6.45) is 0. The highest BCUT2D eigenvalue weighted by atomic mass is 14.3. The molecule has 0 aromatic heterocycles. The van der Waals surface area contributed by atoms with E-state index in [0.29, 0.717) is 0 Å². The van der Waals surface area contributed by atoms with Crippen LogP contribution in [0.2, 0.25) is 0 Å². The van der Waals surface area contributed by atoms with Crippen LogP contribution in [0.1, 0.15) is 308 Å². The molecule has 0 heteroatoms. The minimum Gasteiger partial charge on any atom is -0.0622 e. The van der Waals surface area contributed by atoms with Crippen LogP contribution in [0.5, 0.6) is 0 Å². The number of benzene rings is 11. The number of hydrogen-bond donors (Lipinski definition) is 0. The van der Waals surface area contributed by atoms with Crippen LogP contribution in [0.25, 0.3) is 33.4 Å². The molecule has 0 amide bonds. The molecule has 612 valence electrons. The quantitative estimate of drug-likeness (QED) is 0.165. The van der Waals surface area contributed by atoms with Gasteiger partial charge in [-0.15, -0.1) is 0 Å². The number of hydrogen-bond acceptors (Lipinski definition) is 0. The van der Waals surface area contributed by atoms with Crippen molar-refractivity contribution in [2.24, 2.45) is 0 Å². The molecule has 0 fully saturated rings. The maximum absolute atomic E-state index is 2.42. The van der Waals surface area contributed by atoms with Crippen molar-refractivity contribution in [2.75, 3.05) is 0 Å². The standard InChI is InChI=1S/C19H32.3C15H24.3C13H12.C11H16/c1-13-15(18(5,6)7)11-14(17(2,3)4)12-16(13)19(8,9)10;1-11-8-12(14(2,3)4)10-13(9-11)15(5,6)7;1-11-8-9-12(14(2,3)4)10-13(11)15(5,6)7;1-11-12(14(2,3)4)9-8-10-13(11)15(5,6)7;1-11-7-5-6-10-13(11)12-8-3-2-4-9-12;1-11-6-5-9-13(10-11)12-7-3-2-4-8-12;1-11-7-9-13(10-8-11)12-5-3-2-4-6-12;1-9-5-7-10(8-6-9)11(2,3)4/h11-12H,1-10H3;3*8-10H,1-7H3;3*2-10H,1H3;5-8H,1-4H3. The maximum atomic E-state index is 2.42. The third kappa shape index (κ3) is 32.2. The SMILES string of the molecule is Cc1c(C(C)(C)C)cc(C(C)(C)C)cc1C(C)(C)C.Cc1c(C(C)(C)C)cccc1C(C)(C)C.Cc1cc(C(C)(C)C)cc(C(C)(C)C)c1.Cc1ccc(-c2ccccc2)cc1.Cc1ccc(C(C)(C)C)cc1.Cc1ccc(C(C)(C)C)cc1C(C)(C)C.Cc1cccc(-c2ccccc2)c1.Cc1ccccc1-c1ccccc1. The van der Waals surface area contributed by atoms with Crippen LogP contribution in [-0.4, -0.2) is 0 Å². The Labute approximate surface area is 701 Å². The second kappa shape index (κ2) is 40.8. The zero-order valence-electron chi connectivity index (χ0n) is 79.2. The van der Waals surface area contributed by atoms with Gasteiger partial charge in [0.1, 0.15) is 0 Å². The lowest BCUT2D eigenvalue weighted by molar-refractivity contribution is 0.542. The Hall–Kier alpha value is -8.58. The topological polar surface area (TPSA) is 0 Å². The average Bonchev–Trinajstić information content (AvgIpc) is 0.772. The Kier molecular flexibility index (Phi) is 35.0. The van der Waals surface area contributed by atoms with Gasteiger partial charge in [0.05, 0.1) is 0 Å². The van der Waals surface area contributed by atoms with Gasteiger partial charge in [-0.1, -0.05) is 485 Å². The Morgan fingerprint density at radius 1 is 0.149 bits per heavy atom. The summed E-state index contributed by atoms with van der Waals surface area (Å²) in [5.41, 5.74) is 35.6. The van der Waals surface area contributed by atoms with Gasteiger partial charge in [0.25, 0.3) is 0 Å². The van der Waals surface area contributed by atoms with Crippen molar-refractivity contribution in [1.82, 2.24) is 0 Å². The van der Waals surface area contributed by atoms with Crippen LogP contribution in [0.3, 0.4) is 0 Å². The van der Waals surface area contributed by atoms with E-state index in [1.54, 1.807) is 0 Å². The van der Waals surface area contributed by atoms with Crippen molar-refractivity contribution in [3.05, 3.63) is 355 Å². The van der Waals surface area contributed by atoms with Crippen molar-refractivity contribution >= 4 is 0 Å². The van der Waals surface area contributed by atoms with Crippen LogP contribution >= 0.6 is 0 Å². The molecule has 0 heterocycles. The fourth-order valence-electron chi connectivity index (χ4n) is 13.9. The second-order valence-electron chi connectivity index (χ2n) is 42.3. The Bertz CT molecular complexity index is 4570. The van der Waals surface area contributed by atoms with E-state index in [2.05, 4.69) is 500 Å². The Morgan fingerprint density at radius 2 is 0.447 bits per heavy atom. The highest BCUT2D eigenvalue weighted by Crippen LogP contribution is 2.40. The molecule has 0 saturated heterocycles. The van der Waals surface area contributed by atoms with E-state index in [9.17, 15) is 0 Å². The van der Waals surface area contributed by atoms with Crippen molar-refractivity contribution in [3.63, 3.8) is 0 Å². The molecule has 0 spiro atoms. The monoisotopic (exact) mass is 1530 g/mol. The van der Waals surface area contributed by atoms with Crippen molar-refractivity contribution in [2.45, 2.75) is 317 Å². The molecule has 11 aromatic rings. The van der Waals surface area contributed by atoms with Gasteiger partial charge < -0.3 is 0 Å². The molecule has 0 bridgehead atoms. The Morgan fingerprint density at radius 3 is 0.816 bits per heavy atom. The highest BCUT2D eigenvalue weighted by molar-refractivity contribution is 5.67. The molecule has 0 nitrogen and oxygen atoms in total. The molecule has 0 radical (unpaired) electrons. The van der Waals surface area contributed by atoms with E-state index >= 15 is 0 Å². The summed E-state index contributed by atoms with van der Waals surface area (Å²) < 4.78 is 0. The van der Waals surface area contributed by atoms with Crippen molar-refractivity contribution in [1.29, 1.82) is 0 Å². The highest BCUT2D eigenvalue weighted by Gasteiger charge is 2.29. The fourth-order valence-corrected chi connectivity index (χ4v) is 13.9. The zero-order chi connectivity index (χ0) is 86.6. The summed E-state index contributed by atoms with van der Waals surface area (Å²) >= 11 is 0. The molecular formula is C114H156. The van der Waals surface area contributed by atoms with Crippen LogP contribution in [-0.2, 0) is 54.1 Å². The van der Waals surface area contributed by atoms with Crippen LogP contribution in [0, 0.1) is 55.4 Å². The third-order valence-corrected chi connectivity index (χ3v) is 21.0. The normalized spacial score (nSPS) is 11.9. The molecule has 0 atom stereocenters. The third-order valence-electron chi connectivity index (χ3n) is 21.0. The lowest BCUT2D eigenvalue weighted by atomic mass is 9.73. The molecule has 0 unspecified atom stereocenters. The van der Waals surface area contributed by atoms with Gasteiger partial charge in [0.15, 0.2) is 0 Å². The van der Waals surface area contributed by atoms with E-state index < -0.39 is 0 Å². The first-order valence-electron chi connectivity index (χ1n) is 42.1. The van der Waals surface area contributed by atoms with Gasteiger partial charge in [-0.2, -0.15) is 0 Å². The van der Waals surface area contributed by atoms with Gasteiger partial charge in [-0.25, -0.2) is 0 Å². The number of rotatable bonds is 3. The molecule has 0 aliphatic heterocycles. The fraction of sp³-hybridized carbons (Fsp3) is 0.421. The van der Waals surface area contributed by atoms with E-state index in [-0.39, 0.29) is 54.1 Å². The van der Waals surface area contributed by atoms with Crippen molar-refractivity contribution in [3.8, 4) is 33.4 Å². The van der Waals surface area contributed by atoms with E-state index in [1.807, 2.05) is 18.2 Å². The first-order chi connectivity index (χ1) is 52.2. The Balaban J connectivity index is 0.000000275. The predicted molar refractivity (Wildman–Crippen MR) is 513 cm³/mol. The van der Waals surface area contributed by atoms with Gasteiger partial charge in [0.2, 0.25) is 0 Å². The lowest BCUT2D eigenvalue weighted by Crippen LogP contribution is -2.23. The van der Waals surface area contributed by atoms with Gasteiger partial charge >= 0.3 is 0 Å². The second-order valence-corrected chi connectivity index (χ2v) is 42.3.